The van der Waals surface area contributed by atoms with E-state index < -0.39 is 22.6 Å². The Hall–Kier alpha value is -5.27. The Labute approximate surface area is 432 Å². The number of aryl methyl sites for hydroxylation is 1. The number of ether oxygens (including phenoxy) is 1. The Balaban J connectivity index is 0.000000155. The summed E-state index contributed by atoms with van der Waals surface area (Å²) in [4.78, 5) is 72.9. The molecule has 10 rings (SSSR count). The maximum Gasteiger partial charge on any atom is 0.416 e. The third kappa shape index (κ3) is 12.0. The summed E-state index contributed by atoms with van der Waals surface area (Å²) in [5.74, 6) is -0.159. The highest BCUT2D eigenvalue weighted by Crippen LogP contribution is 2.41. The second-order valence-corrected chi connectivity index (χ2v) is 21.8. The molecule has 0 aliphatic carbocycles. The number of nitrogens with zero attached hydrogens (tertiary/aromatic N) is 6. The normalized spacial score (nSPS) is 17.3. The Kier molecular flexibility index (Phi) is 15.7. The van der Waals surface area contributed by atoms with Crippen LogP contribution < -0.4 is 9.80 Å². The summed E-state index contributed by atoms with van der Waals surface area (Å²) in [5.41, 5.74) is 1.73. The lowest BCUT2D eigenvalue weighted by Crippen LogP contribution is -2.65. The number of carbonyl (C=O) groups excluding carboxylic acids is 5. The van der Waals surface area contributed by atoms with Gasteiger partial charge in [0.05, 0.1) is 28.7 Å². The number of amides is 4. The number of hydrogen-bond acceptors (Lipinski definition) is 10. The van der Waals surface area contributed by atoms with Gasteiger partial charge in [0.2, 0.25) is 11.8 Å². The smallest absolute Gasteiger partial charge is 0.416 e. The van der Waals surface area contributed by atoms with Crippen LogP contribution in [0.1, 0.15) is 51.2 Å². The first-order valence-corrected chi connectivity index (χ1v) is 25.6. The van der Waals surface area contributed by atoms with E-state index in [1.54, 1.807) is 14.7 Å². The van der Waals surface area contributed by atoms with Gasteiger partial charge in [-0.2, -0.15) is 13.2 Å². The highest BCUT2D eigenvalue weighted by Gasteiger charge is 2.41. The molecule has 6 aromatic rings. The minimum atomic E-state index is -4.46. The van der Waals surface area contributed by atoms with E-state index >= 15 is 0 Å². The van der Waals surface area contributed by atoms with Crippen molar-refractivity contribution in [2.24, 2.45) is 0 Å². The van der Waals surface area contributed by atoms with Gasteiger partial charge in [-0.25, -0.2) is 4.79 Å². The molecular formula is C51H50Cl3F3N6O6S2. The number of para-hydroxylation sites is 2. The maximum atomic E-state index is 13.0. The lowest BCUT2D eigenvalue weighted by molar-refractivity contribution is -0.137. The van der Waals surface area contributed by atoms with E-state index in [0.29, 0.717) is 72.3 Å². The van der Waals surface area contributed by atoms with E-state index in [0.717, 1.165) is 57.0 Å². The highest BCUT2D eigenvalue weighted by atomic mass is 35.5. The number of piperazine rings is 2. The van der Waals surface area contributed by atoms with Crippen LogP contribution in [0.3, 0.4) is 0 Å². The van der Waals surface area contributed by atoms with E-state index in [9.17, 15) is 37.1 Å². The van der Waals surface area contributed by atoms with Crippen LogP contribution in [0.5, 0.6) is 0 Å². The molecule has 4 aliphatic rings. The van der Waals surface area contributed by atoms with Crippen LogP contribution in [-0.4, -0.2) is 132 Å². The predicted molar refractivity (Wildman–Crippen MR) is 276 cm³/mol. The Bertz CT molecular complexity index is 2960. The summed E-state index contributed by atoms with van der Waals surface area (Å²) in [6.07, 6.45) is -4.73. The molecule has 0 radical (unpaired) electrons. The van der Waals surface area contributed by atoms with Crippen molar-refractivity contribution in [2.75, 3.05) is 75.2 Å². The number of anilines is 2. The van der Waals surface area contributed by atoms with Crippen molar-refractivity contribution in [1.82, 2.24) is 19.6 Å². The minimum Gasteiger partial charge on any atom is -0.444 e. The van der Waals surface area contributed by atoms with Gasteiger partial charge >= 0.3 is 12.3 Å². The zero-order chi connectivity index (χ0) is 50.9. The topological polar surface area (TPSA) is 114 Å². The number of carbonyl (C=O) groups is 5. The fourth-order valence-electron chi connectivity index (χ4n) is 8.60. The zero-order valence-corrected chi connectivity index (χ0v) is 43.1. The first-order valence-electron chi connectivity index (χ1n) is 22.8. The van der Waals surface area contributed by atoms with Crippen LogP contribution in [0.2, 0.25) is 10.0 Å². The summed E-state index contributed by atoms with van der Waals surface area (Å²) in [5, 5.41) is 1.49. The molecule has 4 aromatic carbocycles. The van der Waals surface area contributed by atoms with Crippen LogP contribution in [0.25, 0.3) is 20.2 Å². The van der Waals surface area contributed by atoms with Gasteiger partial charge in [0.25, 0.3) is 11.1 Å². The molecule has 20 heteroatoms. The largest absolute Gasteiger partial charge is 0.444 e. The van der Waals surface area contributed by atoms with Crippen LogP contribution in [0.15, 0.2) is 97.1 Å². The Morgan fingerprint density at radius 1 is 0.634 bits per heavy atom. The fourth-order valence-corrected chi connectivity index (χ4v) is 11.8. The van der Waals surface area contributed by atoms with Gasteiger partial charge in [-0.1, -0.05) is 77.8 Å². The second-order valence-electron chi connectivity index (χ2n) is 18.6. The van der Waals surface area contributed by atoms with Gasteiger partial charge < -0.3 is 24.3 Å². The molecule has 374 valence electrons. The van der Waals surface area contributed by atoms with Crippen molar-refractivity contribution < 1.29 is 41.9 Å². The van der Waals surface area contributed by atoms with Crippen molar-refractivity contribution in [3.63, 3.8) is 0 Å². The second kappa shape index (κ2) is 21.4. The first kappa shape index (κ1) is 52.1. The van der Waals surface area contributed by atoms with Crippen molar-refractivity contribution in [1.29, 1.82) is 0 Å². The van der Waals surface area contributed by atoms with Crippen molar-refractivity contribution in [2.45, 2.75) is 51.6 Å². The SMILES string of the molecule is CC(C)(C)OC(=O)N1CC(N2CCN(c3ccccc3)C(=O)C2)C1.Cc1ccc2c(Cl)c(C(=O)Cl)sc2c1.O=C(c1sc2cc(C(F)(F)F)ccc2c1Cl)N1CC(N2CCN(c3ccccc3)C(=O)C2)C1. The van der Waals surface area contributed by atoms with Crippen molar-refractivity contribution in [3.8, 4) is 0 Å². The minimum absolute atomic E-state index is 0.0187. The highest BCUT2D eigenvalue weighted by molar-refractivity contribution is 7.23. The molecule has 0 N–H and O–H groups in total. The van der Waals surface area contributed by atoms with Gasteiger partial charge in [0, 0.05) is 96.0 Å². The number of halogens is 6. The van der Waals surface area contributed by atoms with Crippen molar-refractivity contribution >= 4 is 118 Å². The number of hydrogen-bond donors (Lipinski definition) is 0. The molecule has 4 aliphatic heterocycles. The van der Waals surface area contributed by atoms with E-state index in [-0.39, 0.29) is 52.3 Å². The number of thiophene rings is 2. The first-order chi connectivity index (χ1) is 33.6. The fraction of sp³-hybridized carbons (Fsp3) is 0.353. The predicted octanol–water partition coefficient (Wildman–Crippen LogP) is 10.9. The Morgan fingerprint density at radius 2 is 1.10 bits per heavy atom. The molecule has 6 heterocycles. The lowest BCUT2D eigenvalue weighted by atomic mass is 10.0. The maximum absolute atomic E-state index is 13.0. The Morgan fingerprint density at radius 3 is 1.58 bits per heavy atom. The van der Waals surface area contributed by atoms with E-state index in [1.807, 2.05) is 111 Å². The van der Waals surface area contributed by atoms with Gasteiger partial charge in [0.15, 0.2) is 0 Å². The van der Waals surface area contributed by atoms with Crippen LogP contribution >= 0.6 is 57.5 Å². The number of benzene rings is 4. The number of alkyl halides is 3. The summed E-state index contributed by atoms with van der Waals surface area (Å²) in [7, 11) is 0. The summed E-state index contributed by atoms with van der Waals surface area (Å²) in [6.45, 7) is 13.2. The average Bonchev–Trinajstić information content (AvgIpc) is 3.80. The zero-order valence-electron chi connectivity index (χ0n) is 39.2. The summed E-state index contributed by atoms with van der Waals surface area (Å²) >= 11 is 20.1. The van der Waals surface area contributed by atoms with Crippen LogP contribution in [0, 0.1) is 6.92 Å². The summed E-state index contributed by atoms with van der Waals surface area (Å²) in [6, 6.07) is 28.8. The number of fused-ring (bicyclic) bond motifs is 2. The average molecular weight is 1070 g/mol. The molecule has 0 unspecified atom stereocenters. The third-order valence-corrected chi connectivity index (χ3v) is 16.0. The molecule has 4 amide bonds. The number of likely N-dealkylation sites (tertiary alicyclic amines) is 2. The number of rotatable bonds is 6. The van der Waals surface area contributed by atoms with Gasteiger partial charge in [-0.15, -0.1) is 22.7 Å². The molecule has 0 saturated carbocycles. The van der Waals surface area contributed by atoms with Crippen LogP contribution in [-0.2, 0) is 20.5 Å². The van der Waals surface area contributed by atoms with Gasteiger partial charge in [-0.05, 0) is 87.3 Å². The molecule has 2 aromatic heterocycles. The van der Waals surface area contributed by atoms with Gasteiger partial charge in [0.1, 0.15) is 15.4 Å². The molecule has 0 bridgehead atoms. The molecule has 4 fully saturated rings. The molecule has 4 saturated heterocycles. The third-order valence-electron chi connectivity index (χ3n) is 12.4. The van der Waals surface area contributed by atoms with E-state index in [2.05, 4.69) is 9.80 Å². The molecule has 0 atom stereocenters. The van der Waals surface area contributed by atoms with Crippen LogP contribution in [0.4, 0.5) is 29.3 Å². The lowest BCUT2D eigenvalue weighted by Gasteiger charge is -2.47. The monoisotopic (exact) mass is 1070 g/mol. The standard InChI is InChI=1S/C23H19ClF3N3O2S.C18H25N3O3.C10H6Cl2OS/c24-20-17-7-6-14(23(25,26)27)10-18(17)33-21(20)22(32)29-11-16(12-29)28-8-9-30(19(31)13-28)15-4-2-1-3-5-15;1-18(2,3)24-17(23)20-11-15(12-20)19-9-10-21(16(22)13-19)14-7-5-4-6-8-14;1-5-2-3-6-7(4-5)14-9(8(6)11)10(12)13/h1-7,10,16H,8-9,11-13H2;4-8,15H,9-13H2,1-3H3;2-4H,1H3. The van der Waals surface area contributed by atoms with Crippen molar-refractivity contribution in [3.05, 3.63) is 128 Å². The van der Waals surface area contributed by atoms with E-state index in [1.165, 1.54) is 17.4 Å². The van der Waals surface area contributed by atoms with Gasteiger partial charge in [-0.3, -0.25) is 29.0 Å². The quantitative estimate of drug-likeness (QED) is 0.152. The molecule has 0 spiro atoms. The molecule has 12 nitrogen and oxygen atoms in total. The molecule has 71 heavy (non-hydrogen) atoms. The molecular weight excluding hydrogens is 1020 g/mol. The van der Waals surface area contributed by atoms with E-state index in [4.69, 9.17) is 39.5 Å². The summed E-state index contributed by atoms with van der Waals surface area (Å²) < 4.78 is 45.7.